The molecule has 2 aliphatic heterocycles. The van der Waals surface area contributed by atoms with Gasteiger partial charge in [-0.2, -0.15) is 0 Å². The highest BCUT2D eigenvalue weighted by Crippen LogP contribution is 2.50. The minimum atomic E-state index is -0.866. The van der Waals surface area contributed by atoms with Gasteiger partial charge in [0, 0.05) is 34.4 Å². The SMILES string of the molecule is COc1ccc2c(c1)OC13Oc4cc(OC)ccc4C=C1CCCCC3=C2. The highest BCUT2D eigenvalue weighted by molar-refractivity contribution is 5.73. The Morgan fingerprint density at radius 2 is 1.22 bits per heavy atom. The standard InChI is InChI=1S/C23H22O4/c1-24-19-9-7-15-11-17-5-3-4-6-18-12-16-8-10-20(25-2)14-22(16)27-23(17,18)26-21(15)13-19/h7-14H,3-6H2,1-2H3. The Labute approximate surface area is 159 Å². The minimum Gasteiger partial charge on any atom is -0.497 e. The molecule has 2 aromatic rings. The summed E-state index contributed by atoms with van der Waals surface area (Å²) in [5.74, 6) is 2.27. The van der Waals surface area contributed by atoms with Crippen molar-refractivity contribution in [1.29, 1.82) is 0 Å². The monoisotopic (exact) mass is 362 g/mol. The van der Waals surface area contributed by atoms with E-state index in [2.05, 4.69) is 12.2 Å². The molecule has 0 N–H and O–H groups in total. The average molecular weight is 362 g/mol. The van der Waals surface area contributed by atoms with Crippen LogP contribution in [0.4, 0.5) is 0 Å². The maximum absolute atomic E-state index is 6.60. The lowest BCUT2D eigenvalue weighted by molar-refractivity contribution is -0.0544. The van der Waals surface area contributed by atoms with Crippen molar-refractivity contribution in [1.82, 2.24) is 0 Å². The Hall–Kier alpha value is -2.88. The molecule has 138 valence electrons. The largest absolute Gasteiger partial charge is 0.497 e. The third-order valence-corrected chi connectivity index (χ3v) is 5.60. The predicted octanol–water partition coefficient (Wildman–Crippen LogP) is 5.23. The van der Waals surface area contributed by atoms with E-state index in [4.69, 9.17) is 18.9 Å². The molecule has 1 aliphatic carbocycles. The van der Waals surface area contributed by atoms with E-state index in [-0.39, 0.29) is 0 Å². The molecule has 0 amide bonds. The molecule has 4 heteroatoms. The molecule has 2 heterocycles. The molecule has 0 unspecified atom stereocenters. The Bertz CT molecular complexity index is 891. The molecular formula is C23H22O4. The fourth-order valence-electron chi connectivity index (χ4n) is 4.17. The molecule has 1 fully saturated rings. The van der Waals surface area contributed by atoms with Crippen molar-refractivity contribution in [2.45, 2.75) is 31.5 Å². The first kappa shape index (κ1) is 16.3. The van der Waals surface area contributed by atoms with Gasteiger partial charge in [-0.15, -0.1) is 0 Å². The second kappa shape index (κ2) is 6.08. The zero-order valence-corrected chi connectivity index (χ0v) is 15.6. The third kappa shape index (κ3) is 2.51. The molecule has 2 aromatic carbocycles. The predicted molar refractivity (Wildman–Crippen MR) is 104 cm³/mol. The van der Waals surface area contributed by atoms with Crippen LogP contribution in [-0.4, -0.2) is 20.0 Å². The van der Waals surface area contributed by atoms with Crippen molar-refractivity contribution < 1.29 is 18.9 Å². The van der Waals surface area contributed by atoms with Crippen LogP contribution in [0.5, 0.6) is 23.0 Å². The number of rotatable bonds is 2. The minimum absolute atomic E-state index is 0.777. The number of hydrogen-bond donors (Lipinski definition) is 0. The number of ether oxygens (including phenoxy) is 4. The zero-order valence-electron chi connectivity index (χ0n) is 15.6. The van der Waals surface area contributed by atoms with E-state index in [1.165, 1.54) is 11.1 Å². The quantitative estimate of drug-likeness (QED) is 0.733. The Balaban J connectivity index is 1.67. The van der Waals surface area contributed by atoms with E-state index in [1.807, 2.05) is 36.4 Å². The zero-order chi connectivity index (χ0) is 18.4. The van der Waals surface area contributed by atoms with Crippen LogP contribution < -0.4 is 18.9 Å². The Morgan fingerprint density at radius 1 is 0.741 bits per heavy atom. The first-order chi connectivity index (χ1) is 13.2. The summed E-state index contributed by atoms with van der Waals surface area (Å²) in [7, 11) is 3.33. The van der Waals surface area contributed by atoms with Gasteiger partial charge in [0.05, 0.1) is 14.2 Å². The van der Waals surface area contributed by atoms with E-state index in [0.717, 1.165) is 59.8 Å². The van der Waals surface area contributed by atoms with Gasteiger partial charge in [0.15, 0.2) is 0 Å². The van der Waals surface area contributed by atoms with Crippen LogP contribution in [0, 0.1) is 0 Å². The molecule has 1 spiro atoms. The van der Waals surface area contributed by atoms with Crippen molar-refractivity contribution in [3.8, 4) is 23.0 Å². The summed E-state index contributed by atoms with van der Waals surface area (Å²) in [6, 6.07) is 11.9. The second-order valence-corrected chi connectivity index (χ2v) is 7.17. The van der Waals surface area contributed by atoms with Crippen LogP contribution in [0.25, 0.3) is 12.2 Å². The summed E-state index contributed by atoms with van der Waals surface area (Å²) in [5, 5.41) is 0. The van der Waals surface area contributed by atoms with Gasteiger partial charge in [-0.05, 0) is 62.1 Å². The summed E-state index contributed by atoms with van der Waals surface area (Å²) in [6.45, 7) is 0. The summed E-state index contributed by atoms with van der Waals surface area (Å²) >= 11 is 0. The molecule has 4 nitrogen and oxygen atoms in total. The van der Waals surface area contributed by atoms with E-state index in [1.54, 1.807) is 14.2 Å². The van der Waals surface area contributed by atoms with Gasteiger partial charge in [-0.3, -0.25) is 0 Å². The first-order valence-electron chi connectivity index (χ1n) is 9.38. The van der Waals surface area contributed by atoms with Crippen molar-refractivity contribution in [3.05, 3.63) is 58.7 Å². The Kier molecular flexibility index (Phi) is 3.67. The van der Waals surface area contributed by atoms with E-state index in [9.17, 15) is 0 Å². The van der Waals surface area contributed by atoms with Crippen molar-refractivity contribution in [2.24, 2.45) is 0 Å². The molecule has 5 rings (SSSR count). The van der Waals surface area contributed by atoms with Crippen molar-refractivity contribution in [3.63, 3.8) is 0 Å². The van der Waals surface area contributed by atoms with Gasteiger partial charge >= 0.3 is 0 Å². The normalized spacial score (nSPS) is 18.7. The van der Waals surface area contributed by atoms with Crippen LogP contribution in [0.2, 0.25) is 0 Å². The van der Waals surface area contributed by atoms with Gasteiger partial charge in [-0.1, -0.05) is 0 Å². The maximum atomic E-state index is 6.60. The topological polar surface area (TPSA) is 36.9 Å². The fraction of sp³-hybridized carbons (Fsp3) is 0.304. The van der Waals surface area contributed by atoms with Crippen LogP contribution in [0.1, 0.15) is 36.8 Å². The third-order valence-electron chi connectivity index (χ3n) is 5.60. The lowest BCUT2D eigenvalue weighted by atomic mass is 9.88. The summed E-state index contributed by atoms with van der Waals surface area (Å²) < 4.78 is 24.0. The van der Waals surface area contributed by atoms with Crippen molar-refractivity contribution in [2.75, 3.05) is 14.2 Å². The Morgan fingerprint density at radius 3 is 1.67 bits per heavy atom. The number of hydrogen-bond acceptors (Lipinski definition) is 4. The maximum Gasteiger partial charge on any atom is 0.297 e. The van der Waals surface area contributed by atoms with Crippen LogP contribution in [-0.2, 0) is 0 Å². The average Bonchev–Trinajstić information content (AvgIpc) is 2.87. The molecule has 1 saturated carbocycles. The molecule has 0 aromatic heterocycles. The smallest absolute Gasteiger partial charge is 0.297 e. The summed E-state index contributed by atoms with van der Waals surface area (Å²) in [6.07, 6.45) is 8.63. The van der Waals surface area contributed by atoms with Crippen LogP contribution >= 0.6 is 0 Å². The second-order valence-electron chi connectivity index (χ2n) is 7.17. The molecule has 3 aliphatic rings. The highest BCUT2D eigenvalue weighted by atomic mass is 16.7. The van der Waals surface area contributed by atoms with Gasteiger partial charge < -0.3 is 18.9 Å². The van der Waals surface area contributed by atoms with Crippen molar-refractivity contribution >= 4 is 12.2 Å². The molecule has 27 heavy (non-hydrogen) atoms. The van der Waals surface area contributed by atoms with Gasteiger partial charge in [-0.25, -0.2) is 0 Å². The van der Waals surface area contributed by atoms with Crippen LogP contribution in [0.3, 0.4) is 0 Å². The number of benzene rings is 2. The summed E-state index contributed by atoms with van der Waals surface area (Å²) in [5.41, 5.74) is 4.49. The van der Waals surface area contributed by atoms with Gasteiger partial charge in [0.2, 0.25) is 0 Å². The lowest BCUT2D eigenvalue weighted by Gasteiger charge is -2.42. The molecule has 0 bridgehead atoms. The van der Waals surface area contributed by atoms with E-state index < -0.39 is 5.79 Å². The van der Waals surface area contributed by atoms with Gasteiger partial charge in [0.25, 0.3) is 5.79 Å². The molecular weight excluding hydrogens is 340 g/mol. The number of fused-ring (bicyclic) bond motifs is 2. The van der Waals surface area contributed by atoms with Gasteiger partial charge in [0.1, 0.15) is 23.0 Å². The van der Waals surface area contributed by atoms with E-state index >= 15 is 0 Å². The highest BCUT2D eigenvalue weighted by Gasteiger charge is 2.48. The molecule has 0 atom stereocenters. The lowest BCUT2D eigenvalue weighted by Crippen LogP contribution is -2.48. The fourth-order valence-corrected chi connectivity index (χ4v) is 4.17. The van der Waals surface area contributed by atoms with Crippen LogP contribution in [0.15, 0.2) is 47.5 Å². The van der Waals surface area contributed by atoms with E-state index in [0.29, 0.717) is 0 Å². The summed E-state index contributed by atoms with van der Waals surface area (Å²) in [4.78, 5) is 0. The number of methoxy groups -OCH3 is 2. The molecule has 0 saturated heterocycles. The molecule has 0 radical (unpaired) electrons. The first-order valence-corrected chi connectivity index (χ1v) is 9.38.